The lowest BCUT2D eigenvalue weighted by molar-refractivity contribution is -0.122. The van der Waals surface area contributed by atoms with E-state index in [1.165, 1.54) is 0 Å². The van der Waals surface area contributed by atoms with Crippen molar-refractivity contribution in [2.24, 2.45) is 0 Å². The number of benzene rings is 1. The van der Waals surface area contributed by atoms with Crippen LogP contribution in [0.2, 0.25) is 0 Å². The molecule has 0 radical (unpaired) electrons. The van der Waals surface area contributed by atoms with Crippen LogP contribution in [0.25, 0.3) is 0 Å². The first-order valence-corrected chi connectivity index (χ1v) is 4.96. The highest BCUT2D eigenvalue weighted by Crippen LogP contribution is 2.19. The molecule has 1 amide bonds. The van der Waals surface area contributed by atoms with Crippen molar-refractivity contribution in [3.63, 3.8) is 0 Å². The van der Waals surface area contributed by atoms with E-state index in [2.05, 4.69) is 0 Å². The van der Waals surface area contributed by atoms with Gasteiger partial charge in [-0.3, -0.25) is 4.79 Å². The normalized spacial score (nSPS) is 10.7. The van der Waals surface area contributed by atoms with Gasteiger partial charge in [-0.25, -0.2) is 13.2 Å². The van der Waals surface area contributed by atoms with Crippen molar-refractivity contribution in [1.82, 2.24) is 0 Å². The molecule has 0 aromatic heterocycles. The van der Waals surface area contributed by atoms with Gasteiger partial charge in [-0.1, -0.05) is 0 Å². The van der Waals surface area contributed by atoms with Gasteiger partial charge in [0.05, 0.1) is 6.10 Å². The number of nitrogens with one attached hydrogen (secondary N) is 1. The molecule has 1 aromatic carbocycles. The van der Waals surface area contributed by atoms with Crippen LogP contribution in [0.15, 0.2) is 12.1 Å². The van der Waals surface area contributed by atoms with E-state index in [-0.39, 0.29) is 12.7 Å². The fraction of sp³-hybridized carbons (Fsp3) is 0.364. The van der Waals surface area contributed by atoms with Gasteiger partial charge in [0.2, 0.25) is 0 Å². The summed E-state index contributed by atoms with van der Waals surface area (Å²) in [6, 6.07) is 0.976. The summed E-state index contributed by atoms with van der Waals surface area (Å²) in [5, 5.41) is 1.98. The number of carbonyl (C=O) groups excluding carboxylic acids is 1. The highest BCUT2D eigenvalue weighted by Gasteiger charge is 2.14. The van der Waals surface area contributed by atoms with E-state index in [1.807, 2.05) is 5.32 Å². The van der Waals surface area contributed by atoms with Crippen LogP contribution in [0, 0.1) is 17.5 Å². The Kier molecular flexibility index (Phi) is 4.51. The van der Waals surface area contributed by atoms with Crippen molar-refractivity contribution in [3.8, 4) is 0 Å². The molecular formula is C11H12F3NO2. The lowest BCUT2D eigenvalue weighted by Crippen LogP contribution is -2.22. The maximum absolute atomic E-state index is 13.1. The van der Waals surface area contributed by atoms with E-state index < -0.39 is 29.0 Å². The molecule has 0 saturated carbocycles. The zero-order valence-corrected chi connectivity index (χ0v) is 9.39. The van der Waals surface area contributed by atoms with E-state index in [4.69, 9.17) is 4.74 Å². The molecule has 6 heteroatoms. The summed E-state index contributed by atoms with van der Waals surface area (Å²) in [5.74, 6) is -4.08. The largest absolute Gasteiger partial charge is 0.369 e. The van der Waals surface area contributed by atoms with Crippen molar-refractivity contribution < 1.29 is 22.7 Å². The predicted molar refractivity (Wildman–Crippen MR) is 56.0 cm³/mol. The molecule has 0 heterocycles. The van der Waals surface area contributed by atoms with Gasteiger partial charge < -0.3 is 10.1 Å². The Hall–Kier alpha value is -1.56. The number of carbonyl (C=O) groups is 1. The third kappa shape index (κ3) is 4.07. The van der Waals surface area contributed by atoms with Crippen molar-refractivity contribution in [1.29, 1.82) is 0 Å². The molecule has 94 valence electrons. The first-order valence-electron chi connectivity index (χ1n) is 4.96. The Morgan fingerprint density at radius 2 is 1.82 bits per heavy atom. The zero-order valence-electron chi connectivity index (χ0n) is 9.39. The molecule has 0 aliphatic heterocycles. The van der Waals surface area contributed by atoms with Crippen LogP contribution in [-0.2, 0) is 9.53 Å². The zero-order chi connectivity index (χ0) is 13.0. The van der Waals surface area contributed by atoms with Crippen LogP contribution >= 0.6 is 0 Å². The van der Waals surface area contributed by atoms with E-state index in [0.717, 1.165) is 0 Å². The van der Waals surface area contributed by atoms with Gasteiger partial charge in [0.1, 0.15) is 18.1 Å². The molecule has 0 aliphatic rings. The number of rotatable bonds is 4. The van der Waals surface area contributed by atoms with Crippen molar-refractivity contribution in [3.05, 3.63) is 29.6 Å². The molecule has 0 spiro atoms. The summed E-state index contributed by atoms with van der Waals surface area (Å²) in [6.07, 6.45) is -0.177. The van der Waals surface area contributed by atoms with Gasteiger partial charge >= 0.3 is 0 Å². The minimum Gasteiger partial charge on any atom is -0.369 e. The van der Waals surface area contributed by atoms with Gasteiger partial charge in [0, 0.05) is 12.1 Å². The summed E-state index contributed by atoms with van der Waals surface area (Å²) < 4.78 is 43.8. The van der Waals surface area contributed by atoms with Crippen molar-refractivity contribution >= 4 is 11.6 Å². The number of anilines is 1. The Morgan fingerprint density at radius 1 is 1.29 bits per heavy atom. The van der Waals surface area contributed by atoms with Gasteiger partial charge in [-0.05, 0) is 13.8 Å². The summed E-state index contributed by atoms with van der Waals surface area (Å²) in [5.41, 5.74) is -0.677. The van der Waals surface area contributed by atoms with Crippen molar-refractivity contribution in [2.45, 2.75) is 20.0 Å². The second kappa shape index (κ2) is 5.67. The summed E-state index contributed by atoms with van der Waals surface area (Å²) in [7, 11) is 0. The molecule has 0 saturated heterocycles. The van der Waals surface area contributed by atoms with Crippen molar-refractivity contribution in [2.75, 3.05) is 11.9 Å². The summed E-state index contributed by atoms with van der Waals surface area (Å²) in [4.78, 5) is 11.2. The Balaban J connectivity index is 2.72. The van der Waals surface area contributed by atoms with E-state index in [1.54, 1.807) is 13.8 Å². The standard InChI is InChI=1S/C11H12F3NO2/c1-6(2)17-5-10(16)15-11-8(13)3-7(12)4-9(11)14/h3-4,6H,5H2,1-2H3,(H,15,16). The molecule has 0 fully saturated rings. The van der Waals surface area contributed by atoms with E-state index in [0.29, 0.717) is 12.1 Å². The number of hydrogen-bond donors (Lipinski definition) is 1. The SMILES string of the molecule is CC(C)OCC(=O)Nc1c(F)cc(F)cc1F. The highest BCUT2D eigenvalue weighted by molar-refractivity contribution is 5.91. The first-order chi connectivity index (χ1) is 7.90. The fourth-order valence-electron chi connectivity index (χ4n) is 1.08. The molecule has 0 bridgehead atoms. The fourth-order valence-corrected chi connectivity index (χ4v) is 1.08. The van der Waals surface area contributed by atoms with Gasteiger partial charge in [-0.2, -0.15) is 0 Å². The number of hydrogen-bond acceptors (Lipinski definition) is 2. The second-order valence-corrected chi connectivity index (χ2v) is 3.65. The number of amides is 1. The van der Waals surface area contributed by atoms with E-state index >= 15 is 0 Å². The van der Waals surface area contributed by atoms with Gasteiger partial charge in [0.15, 0.2) is 11.6 Å². The smallest absolute Gasteiger partial charge is 0.250 e. The second-order valence-electron chi connectivity index (χ2n) is 3.65. The molecular weight excluding hydrogens is 235 g/mol. The quantitative estimate of drug-likeness (QED) is 0.887. The maximum Gasteiger partial charge on any atom is 0.250 e. The van der Waals surface area contributed by atoms with Crippen LogP contribution in [-0.4, -0.2) is 18.6 Å². The molecule has 0 unspecified atom stereocenters. The van der Waals surface area contributed by atoms with Crippen LogP contribution in [0.1, 0.15) is 13.8 Å². The average Bonchev–Trinajstić information content (AvgIpc) is 2.20. The number of ether oxygens (including phenoxy) is 1. The van der Waals surface area contributed by atoms with Gasteiger partial charge in [0.25, 0.3) is 5.91 Å². The molecule has 1 aromatic rings. The lowest BCUT2D eigenvalue weighted by Gasteiger charge is -2.09. The van der Waals surface area contributed by atoms with Crippen LogP contribution in [0.5, 0.6) is 0 Å². The van der Waals surface area contributed by atoms with Crippen LogP contribution in [0.3, 0.4) is 0 Å². The number of halogens is 3. The first kappa shape index (κ1) is 13.5. The predicted octanol–water partition coefficient (Wildman–Crippen LogP) is 2.47. The molecule has 0 aliphatic carbocycles. The van der Waals surface area contributed by atoms with E-state index in [9.17, 15) is 18.0 Å². The monoisotopic (exact) mass is 247 g/mol. The van der Waals surface area contributed by atoms with Crippen LogP contribution in [0.4, 0.5) is 18.9 Å². The third-order valence-corrected chi connectivity index (χ3v) is 1.82. The molecule has 1 rings (SSSR count). The maximum atomic E-state index is 13.1. The summed E-state index contributed by atoms with van der Waals surface area (Å²) in [6.45, 7) is 3.10. The van der Waals surface area contributed by atoms with Gasteiger partial charge in [-0.15, -0.1) is 0 Å². The molecule has 17 heavy (non-hydrogen) atoms. The Morgan fingerprint density at radius 3 is 2.29 bits per heavy atom. The molecule has 3 nitrogen and oxygen atoms in total. The Labute approximate surface area is 96.6 Å². The lowest BCUT2D eigenvalue weighted by atomic mass is 10.2. The minimum atomic E-state index is -1.17. The van der Waals surface area contributed by atoms with Crippen LogP contribution < -0.4 is 5.32 Å². The molecule has 0 atom stereocenters. The Bertz CT molecular complexity index is 398. The molecule has 1 N–H and O–H groups in total. The summed E-state index contributed by atoms with van der Waals surface area (Å²) >= 11 is 0. The minimum absolute atomic E-state index is 0.177. The average molecular weight is 247 g/mol. The topological polar surface area (TPSA) is 38.3 Å². The third-order valence-electron chi connectivity index (χ3n) is 1.82. The highest BCUT2D eigenvalue weighted by atomic mass is 19.1.